The number of carbonyl (C=O) groups excluding carboxylic acids is 2. The number of carbonyl (C=O) groups is 2. The number of hydrogen-bond acceptors (Lipinski definition) is 3. The lowest BCUT2D eigenvalue weighted by molar-refractivity contribution is -0.139. The Labute approximate surface area is 121 Å². The van der Waals surface area contributed by atoms with Gasteiger partial charge in [0, 0.05) is 26.2 Å². The summed E-state index contributed by atoms with van der Waals surface area (Å²) in [6.45, 7) is 6.85. The van der Waals surface area contributed by atoms with E-state index in [1.165, 1.54) is 0 Å². The maximum absolute atomic E-state index is 12.3. The first-order valence-electron chi connectivity index (χ1n) is 7.60. The Kier molecular flexibility index (Phi) is 7.06. The van der Waals surface area contributed by atoms with Crippen molar-refractivity contribution in [1.82, 2.24) is 9.80 Å². The van der Waals surface area contributed by atoms with Crippen molar-refractivity contribution in [3.63, 3.8) is 0 Å². The van der Waals surface area contributed by atoms with Gasteiger partial charge in [-0.25, -0.2) is 0 Å². The lowest BCUT2D eigenvalue weighted by atomic mass is 10.0. The fourth-order valence-corrected chi connectivity index (χ4v) is 2.55. The topological polar surface area (TPSA) is 64.4 Å². The van der Waals surface area contributed by atoms with Crippen molar-refractivity contribution >= 4 is 11.8 Å². The van der Waals surface area contributed by atoms with Crippen molar-refractivity contribution < 1.29 is 9.59 Å². The summed E-state index contributed by atoms with van der Waals surface area (Å²) in [5.41, 5.74) is 0. The van der Waals surface area contributed by atoms with Gasteiger partial charge >= 0.3 is 0 Å². The van der Waals surface area contributed by atoms with Gasteiger partial charge in [0.15, 0.2) is 0 Å². The van der Waals surface area contributed by atoms with Crippen molar-refractivity contribution in [2.75, 3.05) is 26.2 Å². The maximum Gasteiger partial charge on any atom is 0.240 e. The van der Waals surface area contributed by atoms with Crippen LogP contribution >= 0.6 is 0 Å². The Balaban J connectivity index is 2.61. The van der Waals surface area contributed by atoms with Crippen molar-refractivity contribution in [2.24, 2.45) is 5.92 Å². The highest BCUT2D eigenvalue weighted by Crippen LogP contribution is 2.14. The number of amides is 2. The predicted octanol–water partition coefficient (Wildman–Crippen LogP) is 1.79. The second kappa shape index (κ2) is 8.57. The molecule has 20 heavy (non-hydrogen) atoms. The largest absolute Gasteiger partial charge is 0.343 e. The molecule has 2 amide bonds. The summed E-state index contributed by atoms with van der Waals surface area (Å²) in [6, 6.07) is 2.01. The van der Waals surface area contributed by atoms with Gasteiger partial charge in [0.1, 0.15) is 5.92 Å². The standard InChI is InChI=1S/C15H25N3O2/c1-3-7-18(8-4-2)15(20)13(12-16)11-14(19)17-9-5-6-10-17/h13H,3-11H2,1-2H3. The zero-order valence-corrected chi connectivity index (χ0v) is 12.6. The number of hydrogen-bond donors (Lipinski definition) is 0. The molecule has 0 aromatic rings. The van der Waals surface area contributed by atoms with Gasteiger partial charge in [-0.2, -0.15) is 5.26 Å². The quantitative estimate of drug-likeness (QED) is 0.713. The van der Waals surface area contributed by atoms with E-state index in [1.54, 1.807) is 9.80 Å². The normalized spacial score (nSPS) is 15.8. The van der Waals surface area contributed by atoms with Crippen molar-refractivity contribution in [1.29, 1.82) is 5.26 Å². The Hall–Kier alpha value is -1.57. The Morgan fingerprint density at radius 3 is 2.20 bits per heavy atom. The minimum Gasteiger partial charge on any atom is -0.343 e. The molecule has 0 radical (unpaired) electrons. The van der Waals surface area contributed by atoms with Crippen molar-refractivity contribution in [3.05, 3.63) is 0 Å². The molecule has 0 saturated carbocycles. The third-order valence-corrected chi connectivity index (χ3v) is 3.59. The minimum atomic E-state index is -0.832. The highest BCUT2D eigenvalue weighted by molar-refractivity contribution is 5.87. The summed E-state index contributed by atoms with van der Waals surface area (Å²) in [5, 5.41) is 9.21. The van der Waals surface area contributed by atoms with Crippen LogP contribution in [-0.4, -0.2) is 47.8 Å². The first-order chi connectivity index (χ1) is 9.63. The number of nitriles is 1. The summed E-state index contributed by atoms with van der Waals surface area (Å²) in [4.78, 5) is 27.9. The second-order valence-electron chi connectivity index (χ2n) is 5.30. The SMILES string of the molecule is CCCN(CCC)C(=O)C(C#N)CC(=O)N1CCCC1. The number of nitrogens with zero attached hydrogens (tertiary/aromatic N) is 3. The molecule has 0 spiro atoms. The van der Waals surface area contributed by atoms with Crippen LogP contribution in [0.4, 0.5) is 0 Å². The van der Waals surface area contributed by atoms with Crippen LogP contribution in [0.15, 0.2) is 0 Å². The molecule has 1 unspecified atom stereocenters. The van der Waals surface area contributed by atoms with E-state index >= 15 is 0 Å². The van der Waals surface area contributed by atoms with Crippen LogP contribution in [-0.2, 0) is 9.59 Å². The molecule has 1 aliphatic rings. The van der Waals surface area contributed by atoms with Gasteiger partial charge in [0.05, 0.1) is 12.5 Å². The Morgan fingerprint density at radius 2 is 1.75 bits per heavy atom. The zero-order chi connectivity index (χ0) is 15.0. The molecule has 1 rings (SSSR count). The monoisotopic (exact) mass is 279 g/mol. The van der Waals surface area contributed by atoms with E-state index in [4.69, 9.17) is 0 Å². The molecule has 5 nitrogen and oxygen atoms in total. The molecule has 5 heteroatoms. The molecule has 1 aliphatic heterocycles. The average molecular weight is 279 g/mol. The number of rotatable bonds is 7. The third kappa shape index (κ3) is 4.52. The summed E-state index contributed by atoms with van der Waals surface area (Å²) >= 11 is 0. The predicted molar refractivity (Wildman–Crippen MR) is 76.7 cm³/mol. The van der Waals surface area contributed by atoms with Gasteiger partial charge in [-0.15, -0.1) is 0 Å². The van der Waals surface area contributed by atoms with E-state index in [1.807, 2.05) is 19.9 Å². The Bertz CT molecular complexity index is 364. The van der Waals surface area contributed by atoms with Crippen LogP contribution in [0.2, 0.25) is 0 Å². The summed E-state index contributed by atoms with van der Waals surface area (Å²) in [6.07, 6.45) is 3.80. The van der Waals surface area contributed by atoms with Crippen molar-refractivity contribution in [3.8, 4) is 6.07 Å². The summed E-state index contributed by atoms with van der Waals surface area (Å²) < 4.78 is 0. The van der Waals surface area contributed by atoms with Crippen LogP contribution in [0.25, 0.3) is 0 Å². The number of likely N-dealkylation sites (tertiary alicyclic amines) is 1. The van der Waals surface area contributed by atoms with E-state index in [2.05, 4.69) is 0 Å². The van der Waals surface area contributed by atoms with Gasteiger partial charge in [-0.05, 0) is 25.7 Å². The molecule has 0 aliphatic carbocycles. The average Bonchev–Trinajstić information content (AvgIpc) is 2.97. The highest BCUT2D eigenvalue weighted by Gasteiger charge is 2.28. The first kappa shape index (κ1) is 16.5. The third-order valence-electron chi connectivity index (χ3n) is 3.59. The molecule has 1 saturated heterocycles. The molecule has 0 N–H and O–H groups in total. The summed E-state index contributed by atoms with van der Waals surface area (Å²) in [5.74, 6) is -1.08. The van der Waals surface area contributed by atoms with Crippen LogP contribution in [0, 0.1) is 17.2 Å². The van der Waals surface area contributed by atoms with Gasteiger partial charge in [0.2, 0.25) is 11.8 Å². The molecular weight excluding hydrogens is 254 g/mol. The van der Waals surface area contributed by atoms with E-state index < -0.39 is 5.92 Å². The molecule has 1 fully saturated rings. The van der Waals surface area contributed by atoms with E-state index in [9.17, 15) is 14.9 Å². The van der Waals surface area contributed by atoms with E-state index in [-0.39, 0.29) is 18.2 Å². The molecule has 0 aromatic heterocycles. The van der Waals surface area contributed by atoms with E-state index in [0.717, 1.165) is 38.8 Å². The molecule has 0 bridgehead atoms. The van der Waals surface area contributed by atoms with Gasteiger partial charge in [-0.1, -0.05) is 13.8 Å². The molecule has 1 atom stereocenters. The molecular formula is C15H25N3O2. The van der Waals surface area contributed by atoms with Crippen LogP contribution < -0.4 is 0 Å². The summed E-state index contributed by atoms with van der Waals surface area (Å²) in [7, 11) is 0. The second-order valence-corrected chi connectivity index (χ2v) is 5.30. The minimum absolute atomic E-state index is 0.0270. The van der Waals surface area contributed by atoms with Crippen molar-refractivity contribution in [2.45, 2.75) is 46.0 Å². The molecule has 1 heterocycles. The Morgan fingerprint density at radius 1 is 1.20 bits per heavy atom. The first-order valence-corrected chi connectivity index (χ1v) is 7.60. The molecule has 0 aromatic carbocycles. The maximum atomic E-state index is 12.3. The van der Waals surface area contributed by atoms with Gasteiger partial charge < -0.3 is 9.80 Å². The van der Waals surface area contributed by atoms with Crippen LogP contribution in [0.1, 0.15) is 46.0 Å². The zero-order valence-electron chi connectivity index (χ0n) is 12.6. The lowest BCUT2D eigenvalue weighted by Crippen LogP contribution is -2.39. The fraction of sp³-hybridized carbons (Fsp3) is 0.800. The van der Waals surface area contributed by atoms with Crippen LogP contribution in [0.3, 0.4) is 0 Å². The highest BCUT2D eigenvalue weighted by atomic mass is 16.2. The van der Waals surface area contributed by atoms with Gasteiger partial charge in [0.25, 0.3) is 0 Å². The van der Waals surface area contributed by atoms with Gasteiger partial charge in [-0.3, -0.25) is 9.59 Å². The van der Waals surface area contributed by atoms with E-state index in [0.29, 0.717) is 13.1 Å². The smallest absolute Gasteiger partial charge is 0.240 e. The lowest BCUT2D eigenvalue weighted by Gasteiger charge is -2.24. The fourth-order valence-electron chi connectivity index (χ4n) is 2.55. The molecule has 112 valence electrons. The van der Waals surface area contributed by atoms with Crippen LogP contribution in [0.5, 0.6) is 0 Å².